The van der Waals surface area contributed by atoms with Crippen LogP contribution in [0.15, 0.2) is 48.2 Å². The molecular weight excluding hydrogens is 258 g/mol. The summed E-state index contributed by atoms with van der Waals surface area (Å²) < 4.78 is 0. The average molecular weight is 271 g/mol. The highest BCUT2D eigenvalue weighted by Crippen LogP contribution is 2.21. The standard InChI is InChI=1S/C13H13N5S/c1-10(13-14-8-9-19-13)17-11-2-4-12(5-3-11)18-15-6-7-16-18/h2-10,17H,1H3. The van der Waals surface area contributed by atoms with Gasteiger partial charge >= 0.3 is 0 Å². The van der Waals surface area contributed by atoms with Crippen LogP contribution >= 0.6 is 11.3 Å². The Hall–Kier alpha value is -2.21. The van der Waals surface area contributed by atoms with Crippen molar-refractivity contribution in [3.63, 3.8) is 0 Å². The largest absolute Gasteiger partial charge is 0.376 e. The second kappa shape index (κ2) is 5.19. The number of hydrogen-bond donors (Lipinski definition) is 1. The first-order valence-corrected chi connectivity index (χ1v) is 6.83. The van der Waals surface area contributed by atoms with Gasteiger partial charge in [-0.2, -0.15) is 15.0 Å². The number of nitrogens with one attached hydrogen (secondary N) is 1. The van der Waals surface area contributed by atoms with E-state index >= 15 is 0 Å². The number of thiazole rings is 1. The van der Waals surface area contributed by atoms with E-state index in [9.17, 15) is 0 Å². The number of rotatable bonds is 4. The molecule has 1 N–H and O–H groups in total. The third-order valence-corrected chi connectivity index (χ3v) is 3.68. The summed E-state index contributed by atoms with van der Waals surface area (Å²) in [6.07, 6.45) is 5.15. The third-order valence-electron chi connectivity index (χ3n) is 2.72. The first-order chi connectivity index (χ1) is 9.33. The zero-order valence-electron chi connectivity index (χ0n) is 10.4. The lowest BCUT2D eigenvalue weighted by atomic mass is 10.2. The minimum Gasteiger partial charge on any atom is -0.376 e. The Morgan fingerprint density at radius 1 is 1.11 bits per heavy atom. The Morgan fingerprint density at radius 2 is 1.84 bits per heavy atom. The van der Waals surface area contributed by atoms with Crippen LogP contribution in [0.1, 0.15) is 18.0 Å². The molecule has 0 bridgehead atoms. The molecule has 19 heavy (non-hydrogen) atoms. The van der Waals surface area contributed by atoms with Crippen LogP contribution in [0, 0.1) is 0 Å². The van der Waals surface area contributed by atoms with E-state index in [0.29, 0.717) is 0 Å². The van der Waals surface area contributed by atoms with Crippen LogP contribution in [-0.4, -0.2) is 20.0 Å². The normalized spacial score (nSPS) is 12.3. The Balaban J connectivity index is 1.73. The van der Waals surface area contributed by atoms with Gasteiger partial charge in [-0.05, 0) is 31.2 Å². The van der Waals surface area contributed by atoms with Crippen molar-refractivity contribution in [1.82, 2.24) is 20.0 Å². The van der Waals surface area contributed by atoms with Gasteiger partial charge in [-0.25, -0.2) is 4.98 Å². The number of hydrogen-bond acceptors (Lipinski definition) is 5. The predicted octanol–water partition coefficient (Wildman–Crippen LogP) is 2.90. The Kier molecular flexibility index (Phi) is 3.24. The third kappa shape index (κ3) is 2.63. The molecule has 2 aromatic heterocycles. The molecule has 1 atom stereocenters. The summed E-state index contributed by atoms with van der Waals surface area (Å²) in [4.78, 5) is 5.89. The van der Waals surface area contributed by atoms with Gasteiger partial charge in [-0.1, -0.05) is 0 Å². The van der Waals surface area contributed by atoms with Crippen molar-refractivity contribution in [2.45, 2.75) is 13.0 Å². The fourth-order valence-electron chi connectivity index (χ4n) is 1.80. The molecule has 3 aromatic rings. The molecule has 0 aliphatic carbocycles. The van der Waals surface area contributed by atoms with Crippen molar-refractivity contribution in [2.24, 2.45) is 0 Å². The van der Waals surface area contributed by atoms with Crippen LogP contribution in [-0.2, 0) is 0 Å². The van der Waals surface area contributed by atoms with E-state index < -0.39 is 0 Å². The number of anilines is 1. The molecule has 0 aliphatic heterocycles. The van der Waals surface area contributed by atoms with E-state index in [0.717, 1.165) is 16.4 Å². The lowest BCUT2D eigenvalue weighted by molar-refractivity contribution is 0.752. The summed E-state index contributed by atoms with van der Waals surface area (Å²) in [6.45, 7) is 2.10. The predicted molar refractivity (Wildman–Crippen MR) is 75.5 cm³/mol. The summed E-state index contributed by atoms with van der Waals surface area (Å²) in [5, 5.41) is 14.7. The molecule has 0 aliphatic rings. The van der Waals surface area contributed by atoms with E-state index in [1.54, 1.807) is 28.5 Å². The summed E-state index contributed by atoms with van der Waals surface area (Å²) in [5.74, 6) is 0. The van der Waals surface area contributed by atoms with Crippen LogP contribution in [0.4, 0.5) is 5.69 Å². The van der Waals surface area contributed by atoms with Gasteiger partial charge in [0.25, 0.3) is 0 Å². The molecule has 6 heteroatoms. The van der Waals surface area contributed by atoms with Crippen LogP contribution in [0.5, 0.6) is 0 Å². The van der Waals surface area contributed by atoms with E-state index in [1.165, 1.54) is 0 Å². The maximum absolute atomic E-state index is 4.30. The minimum absolute atomic E-state index is 0.202. The van der Waals surface area contributed by atoms with Crippen molar-refractivity contribution in [3.05, 3.63) is 53.2 Å². The summed E-state index contributed by atoms with van der Waals surface area (Å²) in [7, 11) is 0. The topological polar surface area (TPSA) is 55.6 Å². The molecule has 96 valence electrons. The maximum atomic E-state index is 4.30. The molecule has 0 spiro atoms. The van der Waals surface area contributed by atoms with Crippen molar-refractivity contribution in [1.29, 1.82) is 0 Å². The smallest absolute Gasteiger partial charge is 0.115 e. The molecule has 0 saturated carbocycles. The Labute approximate surface area is 114 Å². The van der Waals surface area contributed by atoms with Gasteiger partial charge in [0.15, 0.2) is 0 Å². The quantitative estimate of drug-likeness (QED) is 0.792. The lowest BCUT2D eigenvalue weighted by Crippen LogP contribution is -2.06. The zero-order valence-corrected chi connectivity index (χ0v) is 11.2. The molecule has 0 radical (unpaired) electrons. The minimum atomic E-state index is 0.202. The summed E-state index contributed by atoms with van der Waals surface area (Å²) in [6, 6.07) is 8.20. The SMILES string of the molecule is CC(Nc1ccc(-n2nccn2)cc1)c1nccs1. The van der Waals surface area contributed by atoms with Crippen LogP contribution in [0.3, 0.4) is 0 Å². The second-order valence-electron chi connectivity index (χ2n) is 4.10. The fourth-order valence-corrected chi connectivity index (χ4v) is 2.45. The maximum Gasteiger partial charge on any atom is 0.115 e. The average Bonchev–Trinajstić information content (AvgIpc) is 3.13. The second-order valence-corrected chi connectivity index (χ2v) is 5.03. The first-order valence-electron chi connectivity index (χ1n) is 5.95. The summed E-state index contributed by atoms with van der Waals surface area (Å²) >= 11 is 1.65. The van der Waals surface area contributed by atoms with E-state index in [2.05, 4.69) is 27.4 Å². The highest BCUT2D eigenvalue weighted by atomic mass is 32.1. The zero-order chi connectivity index (χ0) is 13.1. The van der Waals surface area contributed by atoms with E-state index in [4.69, 9.17) is 0 Å². The number of aromatic nitrogens is 4. The van der Waals surface area contributed by atoms with Crippen molar-refractivity contribution < 1.29 is 0 Å². The van der Waals surface area contributed by atoms with Gasteiger partial charge in [0.1, 0.15) is 5.01 Å². The monoisotopic (exact) mass is 271 g/mol. The van der Waals surface area contributed by atoms with Crippen LogP contribution in [0.25, 0.3) is 5.69 Å². The Morgan fingerprint density at radius 3 is 2.47 bits per heavy atom. The number of nitrogens with zero attached hydrogens (tertiary/aromatic N) is 4. The van der Waals surface area contributed by atoms with E-state index in [-0.39, 0.29) is 6.04 Å². The van der Waals surface area contributed by atoms with E-state index in [1.807, 2.05) is 35.8 Å². The van der Waals surface area contributed by atoms with Gasteiger partial charge in [0.2, 0.25) is 0 Å². The summed E-state index contributed by atoms with van der Waals surface area (Å²) in [5.41, 5.74) is 2.00. The highest BCUT2D eigenvalue weighted by molar-refractivity contribution is 7.09. The molecule has 0 fully saturated rings. The molecule has 0 amide bonds. The van der Waals surface area contributed by atoms with Crippen LogP contribution in [0.2, 0.25) is 0 Å². The first kappa shape index (κ1) is 11.9. The van der Waals surface area contributed by atoms with Gasteiger partial charge in [-0.3, -0.25) is 0 Å². The van der Waals surface area contributed by atoms with Gasteiger partial charge in [-0.15, -0.1) is 11.3 Å². The van der Waals surface area contributed by atoms with Gasteiger partial charge in [0.05, 0.1) is 24.1 Å². The van der Waals surface area contributed by atoms with Gasteiger partial charge in [0, 0.05) is 17.3 Å². The molecule has 1 aromatic carbocycles. The molecule has 3 rings (SSSR count). The van der Waals surface area contributed by atoms with Gasteiger partial charge < -0.3 is 5.32 Å². The molecule has 1 unspecified atom stereocenters. The highest BCUT2D eigenvalue weighted by Gasteiger charge is 2.07. The lowest BCUT2D eigenvalue weighted by Gasteiger charge is -2.12. The van der Waals surface area contributed by atoms with Crippen LogP contribution < -0.4 is 5.32 Å². The molecular formula is C13H13N5S. The molecule has 2 heterocycles. The van der Waals surface area contributed by atoms with Crippen molar-refractivity contribution >= 4 is 17.0 Å². The number of benzene rings is 1. The molecule has 5 nitrogen and oxygen atoms in total. The van der Waals surface area contributed by atoms with Crippen molar-refractivity contribution in [3.8, 4) is 5.69 Å². The Bertz CT molecular complexity index is 616. The fraction of sp³-hybridized carbons (Fsp3) is 0.154. The van der Waals surface area contributed by atoms with Crippen molar-refractivity contribution in [2.75, 3.05) is 5.32 Å². The molecule has 0 saturated heterocycles.